The molecule has 0 aliphatic heterocycles. The number of aromatic nitrogens is 2. The van der Waals surface area contributed by atoms with Gasteiger partial charge in [-0.05, 0) is 5.92 Å². The normalized spacial score (nSPS) is 12.2. The predicted molar refractivity (Wildman–Crippen MR) is 60.1 cm³/mol. The summed E-state index contributed by atoms with van der Waals surface area (Å²) in [6, 6.07) is 0. The first-order valence-electron chi connectivity index (χ1n) is 5.15. The molecule has 0 fully saturated rings. The Morgan fingerprint density at radius 1 is 1.47 bits per heavy atom. The number of nitrogens with zero attached hydrogens (tertiary/aromatic N) is 3. The molecule has 0 N–H and O–H groups in total. The molecule has 1 unspecified atom stereocenters. The lowest BCUT2D eigenvalue weighted by molar-refractivity contribution is 0.112. The van der Waals surface area contributed by atoms with E-state index in [1.807, 2.05) is 11.9 Å². The third-order valence-corrected chi connectivity index (χ3v) is 2.42. The third-order valence-electron chi connectivity index (χ3n) is 2.42. The average Bonchev–Trinajstić information content (AvgIpc) is 2.29. The summed E-state index contributed by atoms with van der Waals surface area (Å²) in [6.45, 7) is 5.28. The van der Waals surface area contributed by atoms with Crippen LogP contribution in [0.3, 0.4) is 0 Å². The van der Waals surface area contributed by atoms with Crippen LogP contribution in [0.2, 0.25) is 0 Å². The smallest absolute Gasteiger partial charge is 0.225 e. The largest absolute Gasteiger partial charge is 0.344 e. The van der Waals surface area contributed by atoms with Crippen molar-refractivity contribution in [3.63, 3.8) is 0 Å². The van der Waals surface area contributed by atoms with Crippen molar-refractivity contribution < 1.29 is 4.79 Å². The van der Waals surface area contributed by atoms with Gasteiger partial charge in [-0.2, -0.15) is 0 Å². The third kappa shape index (κ3) is 3.31. The van der Waals surface area contributed by atoms with E-state index in [9.17, 15) is 4.79 Å². The molecule has 1 rings (SSSR count). The van der Waals surface area contributed by atoms with E-state index in [4.69, 9.17) is 0 Å². The molecule has 15 heavy (non-hydrogen) atoms. The van der Waals surface area contributed by atoms with E-state index >= 15 is 0 Å². The molecule has 1 aromatic heterocycles. The number of hydrogen-bond donors (Lipinski definition) is 0. The Morgan fingerprint density at radius 3 is 2.53 bits per heavy atom. The number of anilines is 1. The molecule has 0 saturated heterocycles. The van der Waals surface area contributed by atoms with Gasteiger partial charge in [-0.3, -0.25) is 4.79 Å². The van der Waals surface area contributed by atoms with Gasteiger partial charge in [0.1, 0.15) is 0 Å². The fraction of sp³-hybridized carbons (Fsp3) is 0.545. The number of aldehydes is 1. The molecular formula is C11H17N3O. The minimum atomic E-state index is 0.510. The summed E-state index contributed by atoms with van der Waals surface area (Å²) in [7, 11) is 1.96. The molecule has 0 aromatic carbocycles. The zero-order valence-electron chi connectivity index (χ0n) is 9.47. The van der Waals surface area contributed by atoms with Crippen LogP contribution in [0.4, 0.5) is 5.95 Å². The summed E-state index contributed by atoms with van der Waals surface area (Å²) in [5.41, 5.74) is 0.510. The van der Waals surface area contributed by atoms with E-state index in [2.05, 4.69) is 23.8 Å². The lowest BCUT2D eigenvalue weighted by Gasteiger charge is -2.20. The van der Waals surface area contributed by atoms with Gasteiger partial charge in [0, 0.05) is 26.0 Å². The van der Waals surface area contributed by atoms with E-state index in [0.29, 0.717) is 17.4 Å². The van der Waals surface area contributed by atoms with Crippen molar-refractivity contribution in [2.45, 2.75) is 20.3 Å². The Balaban J connectivity index is 2.65. The molecule has 0 radical (unpaired) electrons. The second kappa shape index (κ2) is 5.44. The summed E-state index contributed by atoms with van der Waals surface area (Å²) in [5.74, 6) is 1.28. The maximum Gasteiger partial charge on any atom is 0.225 e. The Kier molecular flexibility index (Phi) is 4.21. The summed E-state index contributed by atoms with van der Waals surface area (Å²) in [4.78, 5) is 20.7. The minimum Gasteiger partial charge on any atom is -0.344 e. The summed E-state index contributed by atoms with van der Waals surface area (Å²) in [5, 5.41) is 0. The van der Waals surface area contributed by atoms with Crippen LogP contribution in [0.15, 0.2) is 12.4 Å². The number of carbonyl (C=O) groups is 1. The van der Waals surface area contributed by atoms with Crippen molar-refractivity contribution in [1.82, 2.24) is 9.97 Å². The van der Waals surface area contributed by atoms with Gasteiger partial charge in [0.05, 0.1) is 5.56 Å². The summed E-state index contributed by atoms with van der Waals surface area (Å²) >= 11 is 0. The van der Waals surface area contributed by atoms with E-state index in [1.54, 1.807) is 12.4 Å². The zero-order valence-corrected chi connectivity index (χ0v) is 9.47. The molecule has 0 spiro atoms. The van der Waals surface area contributed by atoms with Crippen LogP contribution >= 0.6 is 0 Å². The first-order chi connectivity index (χ1) is 7.17. The zero-order chi connectivity index (χ0) is 11.3. The standard InChI is InChI=1S/C11H17N3O/c1-4-9(2)7-14(3)11-12-5-10(8-15)6-13-11/h5-6,8-9H,4,7H2,1-3H3. The van der Waals surface area contributed by atoms with E-state index < -0.39 is 0 Å². The molecule has 1 heterocycles. The molecule has 0 bridgehead atoms. The first kappa shape index (κ1) is 11.6. The van der Waals surface area contributed by atoms with Gasteiger partial charge in [-0.1, -0.05) is 20.3 Å². The van der Waals surface area contributed by atoms with Gasteiger partial charge >= 0.3 is 0 Å². The number of carbonyl (C=O) groups excluding carboxylic acids is 1. The molecular weight excluding hydrogens is 190 g/mol. The molecule has 4 heteroatoms. The number of rotatable bonds is 5. The number of hydrogen-bond acceptors (Lipinski definition) is 4. The fourth-order valence-electron chi connectivity index (χ4n) is 1.27. The van der Waals surface area contributed by atoms with E-state index in [1.165, 1.54) is 0 Å². The molecule has 0 aliphatic rings. The quantitative estimate of drug-likeness (QED) is 0.690. The summed E-state index contributed by atoms with van der Waals surface area (Å²) < 4.78 is 0. The van der Waals surface area contributed by atoms with Crippen molar-refractivity contribution in [2.24, 2.45) is 5.92 Å². The van der Waals surface area contributed by atoms with Gasteiger partial charge in [0.15, 0.2) is 6.29 Å². The van der Waals surface area contributed by atoms with Crippen LogP contribution < -0.4 is 4.90 Å². The highest BCUT2D eigenvalue weighted by atomic mass is 16.1. The van der Waals surface area contributed by atoms with Crippen LogP contribution in [0.25, 0.3) is 0 Å². The van der Waals surface area contributed by atoms with Gasteiger partial charge in [0.25, 0.3) is 0 Å². The predicted octanol–water partition coefficient (Wildman–Crippen LogP) is 1.77. The van der Waals surface area contributed by atoms with Gasteiger partial charge < -0.3 is 4.90 Å². The Morgan fingerprint density at radius 2 is 2.07 bits per heavy atom. The lowest BCUT2D eigenvalue weighted by Crippen LogP contribution is -2.25. The molecule has 1 aromatic rings. The van der Waals surface area contributed by atoms with Crippen molar-refractivity contribution >= 4 is 12.2 Å². The SMILES string of the molecule is CCC(C)CN(C)c1ncc(C=O)cn1. The lowest BCUT2D eigenvalue weighted by atomic mass is 10.1. The fourth-order valence-corrected chi connectivity index (χ4v) is 1.27. The Labute approximate surface area is 90.3 Å². The van der Waals surface area contributed by atoms with Gasteiger partial charge in [-0.15, -0.1) is 0 Å². The highest BCUT2D eigenvalue weighted by Crippen LogP contribution is 2.09. The first-order valence-corrected chi connectivity index (χ1v) is 5.15. The Bertz CT molecular complexity index is 310. The van der Waals surface area contributed by atoms with Gasteiger partial charge in [0.2, 0.25) is 5.95 Å². The topological polar surface area (TPSA) is 46.1 Å². The van der Waals surface area contributed by atoms with Crippen molar-refractivity contribution in [1.29, 1.82) is 0 Å². The van der Waals surface area contributed by atoms with Crippen LogP contribution in [0.5, 0.6) is 0 Å². The summed E-state index contributed by atoms with van der Waals surface area (Å²) in [6.07, 6.45) is 4.97. The monoisotopic (exact) mass is 207 g/mol. The minimum absolute atomic E-state index is 0.510. The second-order valence-electron chi connectivity index (χ2n) is 3.83. The second-order valence-corrected chi connectivity index (χ2v) is 3.83. The highest BCUT2D eigenvalue weighted by molar-refractivity contribution is 5.73. The molecule has 1 atom stereocenters. The average molecular weight is 207 g/mol. The maximum atomic E-state index is 10.4. The van der Waals surface area contributed by atoms with E-state index in [-0.39, 0.29) is 0 Å². The van der Waals surface area contributed by atoms with Gasteiger partial charge in [-0.25, -0.2) is 9.97 Å². The van der Waals surface area contributed by atoms with E-state index in [0.717, 1.165) is 19.3 Å². The molecule has 0 amide bonds. The molecule has 0 saturated carbocycles. The van der Waals surface area contributed by atoms with Crippen molar-refractivity contribution in [3.05, 3.63) is 18.0 Å². The maximum absolute atomic E-state index is 10.4. The molecule has 0 aliphatic carbocycles. The van der Waals surface area contributed by atoms with Crippen LogP contribution in [0.1, 0.15) is 30.6 Å². The van der Waals surface area contributed by atoms with Crippen LogP contribution in [0, 0.1) is 5.92 Å². The van der Waals surface area contributed by atoms with Crippen molar-refractivity contribution in [3.8, 4) is 0 Å². The Hall–Kier alpha value is -1.45. The highest BCUT2D eigenvalue weighted by Gasteiger charge is 2.07. The van der Waals surface area contributed by atoms with Crippen molar-refractivity contribution in [2.75, 3.05) is 18.5 Å². The molecule has 82 valence electrons. The van der Waals surface area contributed by atoms with Crippen LogP contribution in [-0.4, -0.2) is 29.8 Å². The van der Waals surface area contributed by atoms with Crippen LogP contribution in [-0.2, 0) is 0 Å². The molecule has 4 nitrogen and oxygen atoms in total.